The normalized spacial score (nSPS) is 11.0. The van der Waals surface area contributed by atoms with Gasteiger partial charge < -0.3 is 10.1 Å². The summed E-state index contributed by atoms with van der Waals surface area (Å²) < 4.78 is 18.4. The molecule has 0 spiro atoms. The Labute approximate surface area is 157 Å². The van der Waals surface area contributed by atoms with Gasteiger partial charge in [0.2, 0.25) is 0 Å². The molecule has 7 heteroatoms. The molecule has 26 heavy (non-hydrogen) atoms. The van der Waals surface area contributed by atoms with Gasteiger partial charge in [-0.15, -0.1) is 11.3 Å². The Morgan fingerprint density at radius 2 is 2.00 bits per heavy atom. The summed E-state index contributed by atoms with van der Waals surface area (Å²) in [5.74, 6) is -0.0258. The zero-order chi connectivity index (χ0) is 18.3. The van der Waals surface area contributed by atoms with Gasteiger partial charge in [0.05, 0.1) is 28.2 Å². The van der Waals surface area contributed by atoms with Crippen molar-refractivity contribution >= 4 is 55.7 Å². The lowest BCUT2D eigenvalue weighted by atomic mass is 10.2. The number of nitrogens with zero attached hydrogens (tertiary/aromatic N) is 1. The topological polar surface area (TPSA) is 51.2 Å². The fourth-order valence-corrected chi connectivity index (χ4v) is 3.76. The quantitative estimate of drug-likeness (QED) is 0.505. The van der Waals surface area contributed by atoms with E-state index in [1.165, 1.54) is 23.5 Å². The van der Waals surface area contributed by atoms with Crippen molar-refractivity contribution < 1.29 is 13.9 Å². The summed E-state index contributed by atoms with van der Waals surface area (Å²) in [6, 6.07) is 13.2. The third kappa shape index (κ3) is 3.09. The number of aromatic nitrogens is 1. The Balaban J connectivity index is 1.69. The molecule has 130 valence electrons. The summed E-state index contributed by atoms with van der Waals surface area (Å²) >= 11 is 7.25. The first kappa shape index (κ1) is 16.8. The fourth-order valence-electron chi connectivity index (χ4n) is 2.63. The van der Waals surface area contributed by atoms with Crippen LogP contribution in [0, 0.1) is 5.82 Å². The van der Waals surface area contributed by atoms with E-state index in [9.17, 15) is 9.18 Å². The molecule has 2 aromatic carbocycles. The molecule has 0 bridgehead atoms. The van der Waals surface area contributed by atoms with Crippen LogP contribution in [0.5, 0.6) is 5.75 Å². The van der Waals surface area contributed by atoms with Gasteiger partial charge >= 0.3 is 0 Å². The molecule has 0 aliphatic carbocycles. The number of halogens is 2. The number of hydrogen-bond donors (Lipinski definition) is 1. The van der Waals surface area contributed by atoms with E-state index < -0.39 is 5.82 Å². The van der Waals surface area contributed by atoms with E-state index in [4.69, 9.17) is 16.3 Å². The first-order valence-electron chi connectivity index (χ1n) is 7.68. The summed E-state index contributed by atoms with van der Waals surface area (Å²) in [6.45, 7) is 0. The van der Waals surface area contributed by atoms with Gasteiger partial charge in [0.15, 0.2) is 0 Å². The molecule has 4 rings (SSSR count). The van der Waals surface area contributed by atoms with Crippen LogP contribution in [-0.4, -0.2) is 18.0 Å². The van der Waals surface area contributed by atoms with Crippen LogP contribution in [0.2, 0.25) is 5.02 Å². The minimum absolute atomic E-state index is 0.149. The summed E-state index contributed by atoms with van der Waals surface area (Å²) in [7, 11) is 1.61. The van der Waals surface area contributed by atoms with Crippen LogP contribution in [0.1, 0.15) is 9.67 Å². The summed E-state index contributed by atoms with van der Waals surface area (Å²) in [5.41, 5.74) is 1.19. The minimum atomic E-state index is -0.457. The number of anilines is 1. The number of nitrogens with one attached hydrogen (secondary N) is 1. The van der Waals surface area contributed by atoms with Gasteiger partial charge in [-0.25, -0.2) is 9.37 Å². The van der Waals surface area contributed by atoms with Crippen LogP contribution in [0.15, 0.2) is 48.5 Å². The molecule has 2 heterocycles. The van der Waals surface area contributed by atoms with Crippen LogP contribution in [0.25, 0.3) is 21.1 Å². The van der Waals surface area contributed by atoms with Crippen molar-refractivity contribution in [3.8, 4) is 5.75 Å². The number of carbonyl (C=O) groups excluding carboxylic acids is 1. The maximum atomic E-state index is 13.1. The van der Waals surface area contributed by atoms with Crippen LogP contribution in [-0.2, 0) is 0 Å². The van der Waals surface area contributed by atoms with Gasteiger partial charge in [-0.2, -0.15) is 0 Å². The Morgan fingerprint density at radius 3 is 2.77 bits per heavy atom. The van der Waals surface area contributed by atoms with Crippen molar-refractivity contribution in [1.29, 1.82) is 0 Å². The minimum Gasteiger partial charge on any atom is -0.497 e. The predicted octanol–water partition coefficient (Wildman–Crippen LogP) is 5.50. The molecule has 1 amide bonds. The summed E-state index contributed by atoms with van der Waals surface area (Å²) in [5, 5.41) is 4.65. The SMILES string of the molecule is COc1ccc2nc3sc(C(=O)Nc4ccc(F)cc4Cl)cc3cc2c1. The number of methoxy groups -OCH3 is 1. The standard InChI is InChI=1S/C19H12ClFN2O2S/c1-25-13-3-5-15-10(7-13)6-11-8-17(26-19(11)23-15)18(24)22-16-4-2-12(21)9-14(16)20/h2-9H,1H3,(H,22,24). The van der Waals surface area contributed by atoms with E-state index in [1.807, 2.05) is 24.3 Å². The van der Waals surface area contributed by atoms with Gasteiger partial charge in [0.25, 0.3) is 5.91 Å². The first-order valence-corrected chi connectivity index (χ1v) is 8.88. The van der Waals surface area contributed by atoms with Gasteiger partial charge in [-0.05, 0) is 48.5 Å². The molecule has 4 aromatic rings. The third-order valence-electron chi connectivity index (χ3n) is 3.91. The zero-order valence-electron chi connectivity index (χ0n) is 13.5. The number of carbonyl (C=O) groups is 1. The molecule has 0 atom stereocenters. The van der Waals surface area contributed by atoms with Gasteiger partial charge in [-0.1, -0.05) is 11.6 Å². The molecular weight excluding hydrogens is 375 g/mol. The Hall–Kier alpha value is -2.70. The van der Waals surface area contributed by atoms with E-state index in [-0.39, 0.29) is 10.9 Å². The van der Waals surface area contributed by atoms with Crippen LogP contribution >= 0.6 is 22.9 Å². The number of rotatable bonds is 3. The lowest BCUT2D eigenvalue weighted by molar-refractivity contribution is 0.103. The van der Waals surface area contributed by atoms with Crippen molar-refractivity contribution in [3.05, 3.63) is 64.2 Å². The zero-order valence-corrected chi connectivity index (χ0v) is 15.1. The Bertz CT molecular complexity index is 1160. The smallest absolute Gasteiger partial charge is 0.265 e. The molecule has 0 saturated heterocycles. The second-order valence-corrected chi connectivity index (χ2v) is 7.07. The summed E-state index contributed by atoms with van der Waals surface area (Å²) in [4.78, 5) is 18.4. The maximum absolute atomic E-state index is 13.1. The molecule has 2 aromatic heterocycles. The first-order chi connectivity index (χ1) is 12.5. The highest BCUT2D eigenvalue weighted by Crippen LogP contribution is 2.30. The van der Waals surface area contributed by atoms with E-state index in [2.05, 4.69) is 10.3 Å². The van der Waals surface area contributed by atoms with Crippen LogP contribution < -0.4 is 10.1 Å². The molecule has 0 aliphatic rings. The molecule has 0 radical (unpaired) electrons. The average molecular weight is 387 g/mol. The highest BCUT2D eigenvalue weighted by molar-refractivity contribution is 7.20. The van der Waals surface area contributed by atoms with E-state index >= 15 is 0 Å². The molecule has 0 unspecified atom stereocenters. The lowest BCUT2D eigenvalue weighted by Gasteiger charge is -2.05. The van der Waals surface area contributed by atoms with Gasteiger partial charge in [-0.3, -0.25) is 4.79 Å². The Kier molecular flexibility index (Phi) is 4.22. The molecule has 0 aliphatic heterocycles. The number of benzene rings is 2. The van der Waals surface area contributed by atoms with E-state index in [1.54, 1.807) is 13.2 Å². The molecule has 4 nitrogen and oxygen atoms in total. The molecular formula is C19H12ClFN2O2S. The highest BCUT2D eigenvalue weighted by Gasteiger charge is 2.14. The molecule has 1 N–H and O–H groups in total. The number of fused-ring (bicyclic) bond motifs is 2. The highest BCUT2D eigenvalue weighted by atomic mass is 35.5. The molecule has 0 fully saturated rings. The van der Waals surface area contributed by atoms with Crippen molar-refractivity contribution in [1.82, 2.24) is 4.98 Å². The summed E-state index contributed by atoms with van der Waals surface area (Å²) in [6.07, 6.45) is 0. The second-order valence-electron chi connectivity index (χ2n) is 5.63. The fraction of sp³-hybridized carbons (Fsp3) is 0.0526. The number of hydrogen-bond acceptors (Lipinski definition) is 4. The molecule has 0 saturated carbocycles. The maximum Gasteiger partial charge on any atom is 0.265 e. The van der Waals surface area contributed by atoms with Crippen LogP contribution in [0.3, 0.4) is 0 Å². The van der Waals surface area contributed by atoms with Crippen molar-refractivity contribution in [3.63, 3.8) is 0 Å². The number of amides is 1. The van der Waals surface area contributed by atoms with Crippen molar-refractivity contribution in [2.75, 3.05) is 12.4 Å². The van der Waals surface area contributed by atoms with Gasteiger partial charge in [0, 0.05) is 10.8 Å². The predicted molar refractivity (Wildman–Crippen MR) is 103 cm³/mol. The number of thiophene rings is 1. The lowest BCUT2D eigenvalue weighted by Crippen LogP contribution is -2.10. The third-order valence-corrected chi connectivity index (χ3v) is 5.27. The second kappa shape index (κ2) is 6.55. The van der Waals surface area contributed by atoms with Crippen LogP contribution in [0.4, 0.5) is 10.1 Å². The number of ether oxygens (including phenoxy) is 1. The largest absolute Gasteiger partial charge is 0.497 e. The Morgan fingerprint density at radius 1 is 1.15 bits per heavy atom. The van der Waals surface area contributed by atoms with Gasteiger partial charge in [0.1, 0.15) is 16.4 Å². The monoisotopic (exact) mass is 386 g/mol. The number of pyridine rings is 1. The van der Waals surface area contributed by atoms with E-state index in [0.717, 1.165) is 32.9 Å². The van der Waals surface area contributed by atoms with Crippen molar-refractivity contribution in [2.45, 2.75) is 0 Å². The van der Waals surface area contributed by atoms with E-state index in [0.29, 0.717) is 10.6 Å². The van der Waals surface area contributed by atoms with Crippen molar-refractivity contribution in [2.24, 2.45) is 0 Å². The average Bonchev–Trinajstić information content (AvgIpc) is 3.04.